The number of imide groups is 1. The molecule has 0 atom stereocenters. The fourth-order valence-corrected chi connectivity index (χ4v) is 5.94. The van der Waals surface area contributed by atoms with Crippen LogP contribution in [-0.2, 0) is 16.1 Å². The summed E-state index contributed by atoms with van der Waals surface area (Å²) in [6.45, 7) is 0.455. The van der Waals surface area contributed by atoms with Crippen LogP contribution in [0, 0.1) is 0 Å². The van der Waals surface area contributed by atoms with Gasteiger partial charge in [0.05, 0.1) is 16.7 Å². The van der Waals surface area contributed by atoms with Crippen LogP contribution in [0.5, 0.6) is 0 Å². The first-order chi connectivity index (χ1) is 22.0. The molecule has 0 spiro atoms. The van der Waals surface area contributed by atoms with E-state index < -0.39 is 23.9 Å². The van der Waals surface area contributed by atoms with Gasteiger partial charge in [-0.15, -0.1) is 0 Å². The highest BCUT2D eigenvalue weighted by molar-refractivity contribution is 6.21. The van der Waals surface area contributed by atoms with Gasteiger partial charge in [-0.2, -0.15) is 0 Å². The Morgan fingerprint density at radius 3 is 1.73 bits per heavy atom. The van der Waals surface area contributed by atoms with Crippen molar-refractivity contribution in [2.75, 3.05) is 6.61 Å². The van der Waals surface area contributed by atoms with Crippen LogP contribution in [0.1, 0.15) is 53.7 Å². The zero-order valence-corrected chi connectivity index (χ0v) is 23.9. The van der Waals surface area contributed by atoms with Gasteiger partial charge >= 0.3 is 12.1 Å². The lowest BCUT2D eigenvalue weighted by Crippen LogP contribution is -2.32. The van der Waals surface area contributed by atoms with Crippen LogP contribution >= 0.6 is 0 Å². The highest BCUT2D eigenvalue weighted by Crippen LogP contribution is 2.44. The van der Waals surface area contributed by atoms with Crippen molar-refractivity contribution in [3.05, 3.63) is 155 Å². The maximum atomic E-state index is 12.8. The maximum Gasteiger partial charge on any atom is 0.407 e. The molecule has 5 aromatic rings. The molecule has 3 amide bonds. The highest BCUT2D eigenvalue weighted by Gasteiger charge is 2.38. The molecule has 0 bridgehead atoms. The fraction of sp³-hybridized carbons (Fsp3) is 0.0811. The van der Waals surface area contributed by atoms with E-state index in [9.17, 15) is 19.2 Å². The summed E-state index contributed by atoms with van der Waals surface area (Å²) < 4.78 is 5.69. The average Bonchev–Trinajstić information content (AvgIpc) is 3.53. The first-order valence-corrected chi connectivity index (χ1v) is 14.5. The first kappa shape index (κ1) is 27.8. The standard InChI is InChI=1S/C37H26N2O6/c40-34-31-15-7-8-16-32(31)35(41)39(34)45-36(42)24-19-17-23(18-20-24)26-10-2-1-9-25(26)21-38-37(43)44-22-33-29-13-5-3-11-27(29)28-12-4-6-14-30(28)33/h1-20,33H,21-22H2,(H,38,43). The van der Waals surface area contributed by atoms with Crippen LogP contribution in [0.3, 0.4) is 0 Å². The normalized spacial score (nSPS) is 13.2. The van der Waals surface area contributed by atoms with Gasteiger partial charge in [-0.25, -0.2) is 9.59 Å². The molecule has 5 aromatic carbocycles. The van der Waals surface area contributed by atoms with Gasteiger partial charge in [0, 0.05) is 12.5 Å². The van der Waals surface area contributed by atoms with E-state index in [-0.39, 0.29) is 35.8 Å². The molecule has 8 nitrogen and oxygen atoms in total. The molecule has 1 heterocycles. The van der Waals surface area contributed by atoms with E-state index in [2.05, 4.69) is 29.6 Å². The van der Waals surface area contributed by atoms with E-state index >= 15 is 0 Å². The van der Waals surface area contributed by atoms with Crippen molar-refractivity contribution in [1.29, 1.82) is 0 Å². The van der Waals surface area contributed by atoms with E-state index in [0.29, 0.717) is 5.06 Å². The summed E-state index contributed by atoms with van der Waals surface area (Å²) in [5, 5.41) is 3.35. The smallest absolute Gasteiger partial charge is 0.407 e. The van der Waals surface area contributed by atoms with E-state index in [0.717, 1.165) is 27.8 Å². The topological polar surface area (TPSA) is 102 Å². The van der Waals surface area contributed by atoms with E-state index in [4.69, 9.17) is 9.57 Å². The monoisotopic (exact) mass is 594 g/mol. The zero-order chi connectivity index (χ0) is 30.9. The minimum absolute atomic E-state index is 0.0299. The van der Waals surface area contributed by atoms with E-state index in [1.807, 2.05) is 48.5 Å². The number of hydroxylamine groups is 2. The summed E-state index contributed by atoms with van der Waals surface area (Å²) in [6, 6.07) is 36.9. The van der Waals surface area contributed by atoms with Gasteiger partial charge in [-0.1, -0.05) is 102 Å². The number of carbonyl (C=O) groups excluding carboxylic acids is 4. The van der Waals surface area contributed by atoms with Crippen molar-refractivity contribution in [3.63, 3.8) is 0 Å². The Balaban J connectivity index is 0.987. The summed E-state index contributed by atoms with van der Waals surface area (Å²) >= 11 is 0. The number of carbonyl (C=O) groups is 4. The number of ether oxygens (including phenoxy) is 1. The first-order valence-electron chi connectivity index (χ1n) is 14.5. The Morgan fingerprint density at radius 1 is 0.622 bits per heavy atom. The van der Waals surface area contributed by atoms with Gasteiger partial charge in [0.2, 0.25) is 0 Å². The largest absolute Gasteiger partial charge is 0.449 e. The number of hydrogen-bond acceptors (Lipinski definition) is 6. The van der Waals surface area contributed by atoms with Crippen molar-refractivity contribution >= 4 is 23.9 Å². The predicted octanol–water partition coefficient (Wildman–Crippen LogP) is 6.76. The van der Waals surface area contributed by atoms with Crippen molar-refractivity contribution in [3.8, 4) is 22.3 Å². The molecule has 0 unspecified atom stereocenters. The summed E-state index contributed by atoms with van der Waals surface area (Å²) in [7, 11) is 0. The van der Waals surface area contributed by atoms with Gasteiger partial charge in [0.25, 0.3) is 11.8 Å². The number of nitrogens with one attached hydrogen (secondary N) is 1. The number of hydrogen-bond donors (Lipinski definition) is 1. The molecule has 2 aliphatic rings. The third-order valence-corrected chi connectivity index (χ3v) is 8.15. The Bertz CT molecular complexity index is 1900. The van der Waals surface area contributed by atoms with E-state index in [1.54, 1.807) is 36.4 Å². The van der Waals surface area contributed by atoms with Crippen LogP contribution in [0.15, 0.2) is 121 Å². The molecular formula is C37H26N2O6. The van der Waals surface area contributed by atoms with Crippen LogP contribution in [0.2, 0.25) is 0 Å². The molecule has 8 heteroatoms. The zero-order valence-electron chi connectivity index (χ0n) is 23.9. The van der Waals surface area contributed by atoms with Gasteiger partial charge in [0.15, 0.2) is 0 Å². The molecule has 0 aromatic heterocycles. The SMILES string of the molecule is O=C(NCc1ccccc1-c1ccc(C(=O)ON2C(=O)c3ccccc3C2=O)cc1)OCC1c2ccccc2-c2ccccc21. The van der Waals surface area contributed by atoms with Crippen LogP contribution in [0.25, 0.3) is 22.3 Å². The van der Waals surface area contributed by atoms with Crippen LogP contribution in [0.4, 0.5) is 4.79 Å². The van der Waals surface area contributed by atoms with Gasteiger partial charge < -0.3 is 14.9 Å². The minimum atomic E-state index is -0.832. The van der Waals surface area contributed by atoms with Gasteiger partial charge in [-0.05, 0) is 63.2 Å². The van der Waals surface area contributed by atoms with Gasteiger partial charge in [0.1, 0.15) is 6.61 Å². The summed E-state index contributed by atoms with van der Waals surface area (Å²) in [6.07, 6.45) is -0.516. The Labute approximate surface area is 258 Å². The molecule has 220 valence electrons. The molecule has 1 aliphatic heterocycles. The Hall–Kier alpha value is -6.02. The number of alkyl carbamates (subject to hydrolysis) is 1. The van der Waals surface area contributed by atoms with Gasteiger partial charge in [-0.3, -0.25) is 9.59 Å². The summed E-state index contributed by atoms with van der Waals surface area (Å²) in [4.78, 5) is 55.9. The molecule has 1 N–H and O–H groups in total. The number of nitrogens with zero attached hydrogens (tertiary/aromatic N) is 1. The molecule has 0 saturated carbocycles. The molecule has 0 fully saturated rings. The molecule has 7 rings (SSSR count). The molecule has 0 saturated heterocycles. The Morgan fingerprint density at radius 2 is 1.13 bits per heavy atom. The van der Waals surface area contributed by atoms with E-state index in [1.165, 1.54) is 23.3 Å². The van der Waals surface area contributed by atoms with Crippen molar-refractivity contribution < 1.29 is 28.8 Å². The lowest BCUT2D eigenvalue weighted by Gasteiger charge is -2.15. The van der Waals surface area contributed by atoms with Crippen molar-refractivity contribution in [2.24, 2.45) is 0 Å². The molecular weight excluding hydrogens is 568 g/mol. The quantitative estimate of drug-likeness (QED) is 0.209. The second kappa shape index (κ2) is 11.6. The molecule has 0 radical (unpaired) electrons. The maximum absolute atomic E-state index is 12.8. The van der Waals surface area contributed by atoms with Crippen molar-refractivity contribution in [2.45, 2.75) is 12.5 Å². The van der Waals surface area contributed by atoms with Crippen LogP contribution in [-0.4, -0.2) is 35.5 Å². The highest BCUT2D eigenvalue weighted by atomic mass is 16.7. The Kier molecular flexibility index (Phi) is 7.15. The minimum Gasteiger partial charge on any atom is -0.449 e. The molecule has 45 heavy (non-hydrogen) atoms. The number of benzene rings is 5. The van der Waals surface area contributed by atoms with Crippen molar-refractivity contribution in [1.82, 2.24) is 10.4 Å². The second-order valence-electron chi connectivity index (χ2n) is 10.7. The summed E-state index contributed by atoms with van der Waals surface area (Å²) in [5.74, 6) is -2.23. The lowest BCUT2D eigenvalue weighted by atomic mass is 9.98. The fourth-order valence-electron chi connectivity index (χ4n) is 5.94. The van der Waals surface area contributed by atoms with Crippen LogP contribution < -0.4 is 5.32 Å². The lowest BCUT2D eigenvalue weighted by molar-refractivity contribution is -0.0584. The second-order valence-corrected chi connectivity index (χ2v) is 10.7. The third-order valence-electron chi connectivity index (χ3n) is 8.15. The molecule has 1 aliphatic carbocycles. The third kappa shape index (κ3) is 5.12. The average molecular weight is 595 g/mol. The predicted molar refractivity (Wildman–Crippen MR) is 166 cm³/mol. The summed E-state index contributed by atoms with van der Waals surface area (Å²) in [5.41, 5.74) is 7.69. The number of amides is 3. The number of rotatable bonds is 7. The number of fused-ring (bicyclic) bond motifs is 4.